The average Bonchev–Trinajstić information content (AvgIpc) is 3.15. The molecule has 0 radical (unpaired) electrons. The van der Waals surface area contributed by atoms with Crippen molar-refractivity contribution >= 4 is 17.9 Å². The van der Waals surface area contributed by atoms with Gasteiger partial charge in [-0.1, -0.05) is 0 Å². The molecule has 0 saturated carbocycles. The second-order valence-electron chi connectivity index (χ2n) is 6.84. The van der Waals surface area contributed by atoms with Gasteiger partial charge in [-0.05, 0) is 0 Å². The largest absolute Gasteiger partial charge is 0.456 e. The van der Waals surface area contributed by atoms with E-state index in [-0.39, 0.29) is 19.8 Å². The van der Waals surface area contributed by atoms with E-state index in [1.54, 1.807) is 0 Å². The van der Waals surface area contributed by atoms with E-state index in [9.17, 15) is 19.5 Å². The molecule has 158 valence electrons. The molecule has 11 heteroatoms. The molecule has 3 aliphatic rings. The van der Waals surface area contributed by atoms with E-state index in [0.29, 0.717) is 0 Å². The summed E-state index contributed by atoms with van der Waals surface area (Å²) in [5.74, 6) is -1.91. The quantitative estimate of drug-likeness (QED) is 0.432. The van der Waals surface area contributed by atoms with Crippen LogP contribution in [-0.2, 0) is 47.5 Å². The Kier molecular flexibility index (Phi) is 6.50. The summed E-state index contributed by atoms with van der Waals surface area (Å²) in [6.07, 6.45) is -6.74. The summed E-state index contributed by atoms with van der Waals surface area (Å²) in [6, 6.07) is 0. The highest BCUT2D eigenvalue weighted by molar-refractivity contribution is 5.68. The lowest BCUT2D eigenvalue weighted by Crippen LogP contribution is -2.59. The first-order valence-corrected chi connectivity index (χ1v) is 8.96. The van der Waals surface area contributed by atoms with Crippen LogP contribution in [-0.4, -0.2) is 91.9 Å². The highest BCUT2D eigenvalue weighted by Crippen LogP contribution is 2.32. The molecule has 0 aromatic carbocycles. The van der Waals surface area contributed by atoms with Gasteiger partial charge in [0.05, 0.1) is 19.8 Å². The van der Waals surface area contributed by atoms with Crippen LogP contribution >= 0.6 is 0 Å². The number of hydrogen-bond acceptors (Lipinski definition) is 11. The van der Waals surface area contributed by atoms with Crippen LogP contribution in [0, 0.1) is 0 Å². The molecule has 0 bridgehead atoms. The molecule has 0 spiro atoms. The molecule has 3 fully saturated rings. The number of carbonyl (C=O) groups excluding carboxylic acids is 3. The van der Waals surface area contributed by atoms with Gasteiger partial charge < -0.3 is 38.3 Å². The van der Waals surface area contributed by atoms with Crippen LogP contribution in [0.2, 0.25) is 0 Å². The Bertz CT molecular complexity index is 608. The van der Waals surface area contributed by atoms with E-state index < -0.39 is 66.9 Å². The number of ether oxygens (including phenoxy) is 7. The Morgan fingerprint density at radius 3 is 1.96 bits per heavy atom. The first-order chi connectivity index (χ1) is 13.3. The molecule has 8 atom stereocenters. The second-order valence-corrected chi connectivity index (χ2v) is 6.84. The summed E-state index contributed by atoms with van der Waals surface area (Å²) in [5, 5.41) is 9.84. The van der Waals surface area contributed by atoms with Crippen LogP contribution < -0.4 is 0 Å². The van der Waals surface area contributed by atoms with Gasteiger partial charge in [-0.2, -0.15) is 0 Å². The maximum atomic E-state index is 11.6. The first kappa shape index (κ1) is 20.9. The Morgan fingerprint density at radius 1 is 0.750 bits per heavy atom. The Balaban J connectivity index is 1.76. The molecule has 3 rings (SSSR count). The molecule has 11 nitrogen and oxygen atoms in total. The maximum Gasteiger partial charge on any atom is 0.303 e. The van der Waals surface area contributed by atoms with Gasteiger partial charge in [0, 0.05) is 20.8 Å². The highest BCUT2D eigenvalue weighted by Gasteiger charge is 2.52. The molecular formula is C17H24O11. The minimum atomic E-state index is -1.18. The number of aliphatic hydroxyl groups is 1. The van der Waals surface area contributed by atoms with Crippen molar-refractivity contribution in [2.24, 2.45) is 0 Å². The van der Waals surface area contributed by atoms with Crippen molar-refractivity contribution in [2.75, 3.05) is 19.8 Å². The number of hydrogen-bond donors (Lipinski definition) is 1. The summed E-state index contributed by atoms with van der Waals surface area (Å²) in [5.41, 5.74) is 0. The van der Waals surface area contributed by atoms with E-state index in [0.717, 1.165) is 0 Å². The van der Waals surface area contributed by atoms with E-state index in [4.69, 9.17) is 33.2 Å². The SMILES string of the molecule is CC(=O)O[C@@H]1[C@@H](OC(C)=O)[C@H](O[C@@H]2CO[C@H]3[C@@H]2OC[C@@H]3O)OC[C@H]1OC(C)=O. The Morgan fingerprint density at radius 2 is 1.32 bits per heavy atom. The number of carbonyl (C=O) groups is 3. The van der Waals surface area contributed by atoms with Crippen molar-refractivity contribution < 1.29 is 52.6 Å². The Hall–Kier alpha value is -1.79. The van der Waals surface area contributed by atoms with Crippen molar-refractivity contribution in [3.05, 3.63) is 0 Å². The molecular weight excluding hydrogens is 380 g/mol. The van der Waals surface area contributed by atoms with Crippen molar-refractivity contribution in [3.8, 4) is 0 Å². The van der Waals surface area contributed by atoms with Gasteiger partial charge in [0.15, 0.2) is 24.6 Å². The second kappa shape index (κ2) is 8.70. The van der Waals surface area contributed by atoms with Gasteiger partial charge in [0.1, 0.15) is 24.4 Å². The van der Waals surface area contributed by atoms with Crippen molar-refractivity contribution in [2.45, 2.75) is 69.8 Å². The van der Waals surface area contributed by atoms with Gasteiger partial charge in [-0.15, -0.1) is 0 Å². The molecule has 28 heavy (non-hydrogen) atoms. The third-order valence-electron chi connectivity index (χ3n) is 4.60. The predicted octanol–water partition coefficient (Wildman–Crippen LogP) is -1.32. The van der Waals surface area contributed by atoms with Crippen LogP contribution in [0.4, 0.5) is 0 Å². The van der Waals surface area contributed by atoms with Crippen LogP contribution in [0.1, 0.15) is 20.8 Å². The van der Waals surface area contributed by atoms with E-state index in [2.05, 4.69) is 0 Å². The molecule has 0 amide bonds. The van der Waals surface area contributed by atoms with Crippen LogP contribution in [0.5, 0.6) is 0 Å². The highest BCUT2D eigenvalue weighted by atomic mass is 16.7. The molecule has 3 aliphatic heterocycles. The van der Waals surface area contributed by atoms with Gasteiger partial charge in [-0.25, -0.2) is 0 Å². The third-order valence-corrected chi connectivity index (χ3v) is 4.60. The standard InChI is InChI=1S/C17H24O11/c1-7(18)25-12-6-24-17(16(27-9(3)20)15(12)26-8(2)19)28-11-5-23-13-10(21)4-22-14(11)13/h10-17,21H,4-6H2,1-3H3/t10-,11+,12+,13+,14+,15-,16+,17-/m0/s1. The van der Waals surface area contributed by atoms with Gasteiger partial charge >= 0.3 is 17.9 Å². The van der Waals surface area contributed by atoms with Gasteiger partial charge in [0.2, 0.25) is 0 Å². The van der Waals surface area contributed by atoms with Crippen LogP contribution in [0.3, 0.4) is 0 Å². The van der Waals surface area contributed by atoms with Crippen molar-refractivity contribution in [3.63, 3.8) is 0 Å². The summed E-state index contributed by atoms with van der Waals surface area (Å²) >= 11 is 0. The van der Waals surface area contributed by atoms with E-state index in [1.807, 2.05) is 0 Å². The first-order valence-electron chi connectivity index (χ1n) is 8.96. The fourth-order valence-electron chi connectivity index (χ4n) is 3.56. The predicted molar refractivity (Wildman–Crippen MR) is 86.8 cm³/mol. The fraction of sp³-hybridized carbons (Fsp3) is 0.824. The van der Waals surface area contributed by atoms with Gasteiger partial charge in [0.25, 0.3) is 0 Å². The fourth-order valence-corrected chi connectivity index (χ4v) is 3.56. The summed E-state index contributed by atoms with van der Waals surface area (Å²) in [7, 11) is 0. The normalized spacial score (nSPS) is 39.9. The van der Waals surface area contributed by atoms with Crippen LogP contribution in [0.25, 0.3) is 0 Å². The zero-order chi connectivity index (χ0) is 20.4. The topological polar surface area (TPSA) is 136 Å². The molecule has 0 aromatic heterocycles. The lowest BCUT2D eigenvalue weighted by Gasteiger charge is -2.41. The molecule has 0 unspecified atom stereocenters. The minimum absolute atomic E-state index is 0.124. The Labute approximate surface area is 161 Å². The lowest BCUT2D eigenvalue weighted by molar-refractivity contribution is -0.295. The summed E-state index contributed by atoms with van der Waals surface area (Å²) < 4.78 is 38.2. The lowest BCUT2D eigenvalue weighted by atomic mass is 10.0. The summed E-state index contributed by atoms with van der Waals surface area (Å²) in [4.78, 5) is 34.5. The maximum absolute atomic E-state index is 11.6. The monoisotopic (exact) mass is 404 g/mol. The minimum Gasteiger partial charge on any atom is -0.456 e. The van der Waals surface area contributed by atoms with Crippen molar-refractivity contribution in [1.29, 1.82) is 0 Å². The van der Waals surface area contributed by atoms with E-state index in [1.165, 1.54) is 20.8 Å². The number of esters is 3. The van der Waals surface area contributed by atoms with Crippen molar-refractivity contribution in [1.82, 2.24) is 0 Å². The van der Waals surface area contributed by atoms with Gasteiger partial charge in [-0.3, -0.25) is 14.4 Å². The molecule has 3 heterocycles. The van der Waals surface area contributed by atoms with E-state index >= 15 is 0 Å². The average molecular weight is 404 g/mol. The molecule has 0 aromatic rings. The smallest absolute Gasteiger partial charge is 0.303 e. The molecule has 1 N–H and O–H groups in total. The zero-order valence-electron chi connectivity index (χ0n) is 15.8. The van der Waals surface area contributed by atoms with Crippen LogP contribution in [0.15, 0.2) is 0 Å². The number of fused-ring (bicyclic) bond motifs is 1. The number of rotatable bonds is 5. The third kappa shape index (κ3) is 4.61. The zero-order valence-corrected chi connectivity index (χ0v) is 15.8. The number of aliphatic hydroxyl groups excluding tert-OH is 1. The summed E-state index contributed by atoms with van der Waals surface area (Å²) in [6.45, 7) is 3.70. The molecule has 3 saturated heterocycles. The molecule has 0 aliphatic carbocycles.